The minimum absolute atomic E-state index is 0.0661. The van der Waals surface area contributed by atoms with Gasteiger partial charge in [0.05, 0.1) is 10.9 Å². The highest BCUT2D eigenvalue weighted by Gasteiger charge is 2.18. The average Bonchev–Trinajstić information content (AvgIpc) is 3.14. The van der Waals surface area contributed by atoms with Gasteiger partial charge >= 0.3 is 0 Å². The molecule has 0 aliphatic rings. The first-order chi connectivity index (χ1) is 13.3. The van der Waals surface area contributed by atoms with Gasteiger partial charge in [0.2, 0.25) is 0 Å². The van der Waals surface area contributed by atoms with Crippen molar-refractivity contribution in [2.24, 2.45) is 0 Å². The van der Waals surface area contributed by atoms with Crippen LogP contribution in [-0.2, 0) is 6.54 Å². The van der Waals surface area contributed by atoms with Gasteiger partial charge in [-0.15, -0.1) is 0 Å². The lowest BCUT2D eigenvalue weighted by Gasteiger charge is -2.09. The van der Waals surface area contributed by atoms with Crippen LogP contribution in [0.2, 0.25) is 0 Å². The predicted molar refractivity (Wildman–Crippen MR) is 106 cm³/mol. The molecular weight excluding hydrogens is 338 g/mol. The third-order valence-corrected chi connectivity index (χ3v) is 4.32. The quantitative estimate of drug-likeness (QED) is 0.459. The highest BCUT2D eigenvalue weighted by Crippen LogP contribution is 2.28. The maximum Gasteiger partial charge on any atom is 0.195 e. The number of aromatic amines is 1. The molecule has 0 aliphatic heterocycles. The summed E-state index contributed by atoms with van der Waals surface area (Å²) in [5, 5.41) is 7.15. The summed E-state index contributed by atoms with van der Waals surface area (Å²) in [4.78, 5) is 24.7. The number of rotatable bonds is 6. The number of carbonyl (C=O) groups is 1. The molecule has 0 amide bonds. The van der Waals surface area contributed by atoms with Crippen LogP contribution in [-0.4, -0.2) is 27.8 Å². The number of nitrogens with zero attached hydrogens (tertiary/aromatic N) is 2. The Bertz CT molecular complexity index is 1090. The molecule has 4 aromatic rings. The van der Waals surface area contributed by atoms with Gasteiger partial charge < -0.3 is 15.6 Å². The van der Waals surface area contributed by atoms with Crippen LogP contribution in [0.3, 0.4) is 0 Å². The summed E-state index contributed by atoms with van der Waals surface area (Å²) in [7, 11) is 1.91. The molecule has 0 saturated carbocycles. The molecule has 0 unspecified atom stereocenters. The molecule has 2 aromatic carbocycles. The van der Waals surface area contributed by atoms with Gasteiger partial charge in [0, 0.05) is 24.0 Å². The zero-order valence-corrected chi connectivity index (χ0v) is 14.9. The molecule has 4 rings (SSSR count). The van der Waals surface area contributed by atoms with E-state index >= 15 is 0 Å². The van der Waals surface area contributed by atoms with E-state index in [1.165, 1.54) is 6.33 Å². The first-order valence-corrected chi connectivity index (χ1v) is 8.68. The Morgan fingerprint density at radius 3 is 2.74 bits per heavy atom. The molecule has 0 bridgehead atoms. The van der Waals surface area contributed by atoms with Crippen LogP contribution in [0.1, 0.15) is 21.5 Å². The minimum Gasteiger partial charge on any atom is -0.345 e. The Morgan fingerprint density at radius 2 is 1.93 bits per heavy atom. The van der Waals surface area contributed by atoms with Crippen LogP contribution in [0.25, 0.3) is 11.0 Å². The van der Waals surface area contributed by atoms with Crippen LogP contribution < -0.4 is 10.6 Å². The van der Waals surface area contributed by atoms with Crippen molar-refractivity contribution in [2.75, 3.05) is 12.4 Å². The van der Waals surface area contributed by atoms with Crippen molar-refractivity contribution >= 4 is 28.3 Å². The fourth-order valence-corrected chi connectivity index (χ4v) is 3.08. The normalized spacial score (nSPS) is 10.9. The van der Waals surface area contributed by atoms with Gasteiger partial charge in [-0.2, -0.15) is 0 Å². The van der Waals surface area contributed by atoms with Crippen LogP contribution in [0.4, 0.5) is 11.5 Å². The summed E-state index contributed by atoms with van der Waals surface area (Å²) in [6.07, 6.45) is 3.17. The largest absolute Gasteiger partial charge is 0.345 e. The van der Waals surface area contributed by atoms with Crippen molar-refractivity contribution in [3.8, 4) is 0 Å². The van der Waals surface area contributed by atoms with Gasteiger partial charge in [-0.25, -0.2) is 9.97 Å². The fourth-order valence-electron chi connectivity index (χ4n) is 3.08. The van der Waals surface area contributed by atoms with E-state index in [0.29, 0.717) is 28.0 Å². The molecule has 6 heteroatoms. The molecule has 6 nitrogen and oxygen atoms in total. The summed E-state index contributed by atoms with van der Waals surface area (Å²) in [5.74, 6) is 0.533. The van der Waals surface area contributed by atoms with Crippen molar-refractivity contribution in [1.29, 1.82) is 0 Å². The van der Waals surface area contributed by atoms with Crippen molar-refractivity contribution in [1.82, 2.24) is 20.3 Å². The van der Waals surface area contributed by atoms with Crippen molar-refractivity contribution in [3.05, 3.63) is 83.8 Å². The number of ketones is 1. The van der Waals surface area contributed by atoms with E-state index in [2.05, 4.69) is 37.7 Å². The van der Waals surface area contributed by atoms with Crippen LogP contribution in [0.5, 0.6) is 0 Å². The minimum atomic E-state index is -0.0661. The van der Waals surface area contributed by atoms with Gasteiger partial charge in [-0.1, -0.05) is 42.5 Å². The summed E-state index contributed by atoms with van der Waals surface area (Å²) < 4.78 is 0. The van der Waals surface area contributed by atoms with Gasteiger partial charge in [-0.05, 0) is 24.7 Å². The van der Waals surface area contributed by atoms with Gasteiger partial charge in [0.1, 0.15) is 17.8 Å². The van der Waals surface area contributed by atoms with E-state index in [9.17, 15) is 4.79 Å². The summed E-state index contributed by atoms with van der Waals surface area (Å²) in [6.45, 7) is 0.774. The Kier molecular flexibility index (Phi) is 4.63. The van der Waals surface area contributed by atoms with Crippen molar-refractivity contribution in [3.63, 3.8) is 0 Å². The zero-order valence-electron chi connectivity index (χ0n) is 14.9. The number of aromatic nitrogens is 3. The molecule has 3 N–H and O–H groups in total. The molecule has 0 aliphatic carbocycles. The first-order valence-electron chi connectivity index (χ1n) is 8.68. The maximum atomic E-state index is 13.0. The SMILES string of the molecule is CNCc1cccc(Nc2ncnc3[nH]cc(C(=O)c4ccccc4)c23)c1. The Labute approximate surface area is 156 Å². The average molecular weight is 357 g/mol. The Balaban J connectivity index is 1.75. The second-order valence-corrected chi connectivity index (χ2v) is 6.20. The van der Waals surface area contributed by atoms with E-state index in [1.54, 1.807) is 18.3 Å². The Morgan fingerprint density at radius 1 is 1.07 bits per heavy atom. The predicted octanol–water partition coefficient (Wildman–Crippen LogP) is 3.65. The smallest absolute Gasteiger partial charge is 0.195 e. The molecule has 27 heavy (non-hydrogen) atoms. The second kappa shape index (κ2) is 7.39. The molecule has 2 heterocycles. The number of H-pyrrole nitrogens is 1. The van der Waals surface area contributed by atoms with Crippen LogP contribution in [0, 0.1) is 0 Å². The zero-order chi connectivity index (χ0) is 18.6. The van der Waals surface area contributed by atoms with Crippen molar-refractivity contribution < 1.29 is 4.79 Å². The number of carbonyl (C=O) groups excluding carboxylic acids is 1. The van der Waals surface area contributed by atoms with Crippen LogP contribution in [0.15, 0.2) is 67.1 Å². The molecule has 0 spiro atoms. The van der Waals surface area contributed by atoms with E-state index in [4.69, 9.17) is 0 Å². The van der Waals surface area contributed by atoms with Crippen molar-refractivity contribution in [2.45, 2.75) is 6.54 Å². The molecule has 2 aromatic heterocycles. The van der Waals surface area contributed by atoms with E-state index < -0.39 is 0 Å². The summed E-state index contributed by atoms with van der Waals surface area (Å²) in [5.41, 5.74) is 3.86. The maximum absolute atomic E-state index is 13.0. The lowest BCUT2D eigenvalue weighted by molar-refractivity contribution is 0.104. The lowest BCUT2D eigenvalue weighted by atomic mass is 10.0. The molecule has 0 saturated heterocycles. The molecule has 134 valence electrons. The van der Waals surface area contributed by atoms with Gasteiger partial charge in [0.25, 0.3) is 0 Å². The molecular formula is C21H19N5O. The number of anilines is 2. The molecule has 0 radical (unpaired) electrons. The first kappa shape index (κ1) is 16.9. The second-order valence-electron chi connectivity index (χ2n) is 6.20. The number of benzene rings is 2. The third kappa shape index (κ3) is 3.43. The lowest BCUT2D eigenvalue weighted by Crippen LogP contribution is -2.05. The molecule has 0 atom stereocenters. The number of hydrogen-bond acceptors (Lipinski definition) is 5. The number of hydrogen-bond donors (Lipinski definition) is 3. The highest BCUT2D eigenvalue weighted by molar-refractivity contribution is 6.18. The number of nitrogens with one attached hydrogen (secondary N) is 3. The van der Waals surface area contributed by atoms with Crippen LogP contribution >= 0.6 is 0 Å². The fraction of sp³-hybridized carbons (Fsp3) is 0.0952. The topological polar surface area (TPSA) is 82.7 Å². The molecule has 0 fully saturated rings. The standard InChI is InChI=1S/C21H19N5O/c1-22-11-14-6-5-9-16(10-14)26-21-18-17(12-23-20(18)24-13-25-21)19(27)15-7-3-2-4-8-15/h2-10,12-13,22H,11H2,1H3,(H2,23,24,25,26). The summed E-state index contributed by atoms with van der Waals surface area (Å²) in [6, 6.07) is 17.3. The van der Waals surface area contributed by atoms with E-state index in [-0.39, 0.29) is 5.78 Å². The van der Waals surface area contributed by atoms with Gasteiger partial charge in [-0.3, -0.25) is 4.79 Å². The van der Waals surface area contributed by atoms with E-state index in [1.807, 2.05) is 37.4 Å². The third-order valence-electron chi connectivity index (χ3n) is 4.32. The Hall–Kier alpha value is -3.51. The monoisotopic (exact) mass is 357 g/mol. The van der Waals surface area contributed by atoms with Gasteiger partial charge in [0.15, 0.2) is 5.78 Å². The number of fused-ring (bicyclic) bond motifs is 1. The van der Waals surface area contributed by atoms with E-state index in [0.717, 1.165) is 17.8 Å². The highest BCUT2D eigenvalue weighted by atomic mass is 16.1. The summed E-state index contributed by atoms with van der Waals surface area (Å²) >= 11 is 0.